The van der Waals surface area contributed by atoms with Crippen LogP contribution in [0.1, 0.15) is 31.2 Å². The zero-order valence-corrected chi connectivity index (χ0v) is 11.8. The number of carbonyl (C=O) groups is 1. The zero-order chi connectivity index (χ0) is 13.7. The van der Waals surface area contributed by atoms with E-state index in [-0.39, 0.29) is 11.3 Å². The van der Waals surface area contributed by atoms with Crippen molar-refractivity contribution in [3.05, 3.63) is 35.9 Å². The van der Waals surface area contributed by atoms with Gasteiger partial charge < -0.3 is 10.6 Å². The number of likely N-dealkylation sites (N-methyl/N-ethyl adjacent to an activating group) is 1. The molecule has 0 spiro atoms. The molecule has 0 aromatic heterocycles. The first kappa shape index (κ1) is 14.1. The van der Waals surface area contributed by atoms with Crippen molar-refractivity contribution < 1.29 is 4.79 Å². The quantitative estimate of drug-likeness (QED) is 0.882. The van der Waals surface area contributed by atoms with Crippen LogP contribution in [0.4, 0.5) is 0 Å². The van der Waals surface area contributed by atoms with E-state index in [2.05, 4.69) is 12.1 Å². The Morgan fingerprint density at radius 2 is 1.89 bits per heavy atom. The smallest absolute Gasteiger partial charge is 0.229 e. The monoisotopic (exact) mass is 260 g/mol. The fraction of sp³-hybridized carbons (Fsp3) is 0.562. The van der Waals surface area contributed by atoms with E-state index in [0.29, 0.717) is 6.54 Å². The summed E-state index contributed by atoms with van der Waals surface area (Å²) in [5.74, 6) is 0.239. The summed E-state index contributed by atoms with van der Waals surface area (Å²) in [6.07, 6.45) is 5.09. The molecular formula is C16H24N2O. The molecule has 1 fully saturated rings. The van der Waals surface area contributed by atoms with Crippen LogP contribution in [0.3, 0.4) is 0 Å². The lowest BCUT2D eigenvalue weighted by atomic mass is 9.84. The molecule has 1 amide bonds. The molecule has 1 aliphatic carbocycles. The van der Waals surface area contributed by atoms with Gasteiger partial charge in [-0.25, -0.2) is 0 Å². The van der Waals surface area contributed by atoms with Crippen molar-refractivity contribution in [1.82, 2.24) is 4.90 Å². The SMILES string of the molecule is CN(CCc1ccccc1)C(=O)C1(CN)CCCC1. The van der Waals surface area contributed by atoms with Crippen LogP contribution in [0.2, 0.25) is 0 Å². The second-order valence-corrected chi connectivity index (χ2v) is 5.65. The molecule has 0 bridgehead atoms. The summed E-state index contributed by atoms with van der Waals surface area (Å²) in [6.45, 7) is 1.26. The minimum Gasteiger partial charge on any atom is -0.345 e. The highest BCUT2D eigenvalue weighted by molar-refractivity contribution is 5.83. The Bertz CT molecular complexity index is 410. The van der Waals surface area contributed by atoms with Crippen molar-refractivity contribution in [2.45, 2.75) is 32.1 Å². The number of nitrogens with zero attached hydrogens (tertiary/aromatic N) is 1. The van der Waals surface area contributed by atoms with Gasteiger partial charge in [0, 0.05) is 20.1 Å². The van der Waals surface area contributed by atoms with Gasteiger partial charge in [0.2, 0.25) is 5.91 Å². The van der Waals surface area contributed by atoms with Gasteiger partial charge in [-0.05, 0) is 24.8 Å². The molecule has 1 saturated carbocycles. The van der Waals surface area contributed by atoms with Crippen molar-refractivity contribution >= 4 is 5.91 Å². The molecule has 2 N–H and O–H groups in total. The number of hydrogen-bond acceptors (Lipinski definition) is 2. The topological polar surface area (TPSA) is 46.3 Å². The molecule has 2 rings (SSSR count). The van der Waals surface area contributed by atoms with E-state index >= 15 is 0 Å². The van der Waals surface area contributed by atoms with Crippen molar-refractivity contribution in [3.8, 4) is 0 Å². The van der Waals surface area contributed by atoms with E-state index in [1.165, 1.54) is 5.56 Å². The number of hydrogen-bond donors (Lipinski definition) is 1. The van der Waals surface area contributed by atoms with Crippen molar-refractivity contribution in [2.24, 2.45) is 11.1 Å². The van der Waals surface area contributed by atoms with Crippen LogP contribution in [0.15, 0.2) is 30.3 Å². The minimum absolute atomic E-state index is 0.239. The molecule has 19 heavy (non-hydrogen) atoms. The number of amides is 1. The first-order valence-corrected chi connectivity index (χ1v) is 7.17. The Hall–Kier alpha value is -1.35. The van der Waals surface area contributed by atoms with E-state index in [0.717, 1.165) is 38.6 Å². The predicted molar refractivity (Wildman–Crippen MR) is 77.7 cm³/mol. The first-order valence-electron chi connectivity index (χ1n) is 7.17. The third-order valence-electron chi connectivity index (χ3n) is 4.33. The normalized spacial score (nSPS) is 17.4. The summed E-state index contributed by atoms with van der Waals surface area (Å²) in [5, 5.41) is 0. The highest BCUT2D eigenvalue weighted by atomic mass is 16.2. The lowest BCUT2D eigenvalue weighted by molar-refractivity contribution is -0.140. The highest BCUT2D eigenvalue weighted by Gasteiger charge is 2.41. The maximum absolute atomic E-state index is 12.6. The van der Waals surface area contributed by atoms with Gasteiger partial charge in [0.15, 0.2) is 0 Å². The van der Waals surface area contributed by atoms with Gasteiger partial charge >= 0.3 is 0 Å². The number of benzene rings is 1. The Balaban J connectivity index is 1.92. The van der Waals surface area contributed by atoms with Crippen LogP contribution < -0.4 is 5.73 Å². The molecule has 0 aliphatic heterocycles. The second kappa shape index (κ2) is 6.20. The molecule has 3 nitrogen and oxygen atoms in total. The Morgan fingerprint density at radius 3 is 2.47 bits per heavy atom. The molecule has 1 aromatic carbocycles. The van der Waals surface area contributed by atoms with Crippen molar-refractivity contribution in [3.63, 3.8) is 0 Å². The maximum Gasteiger partial charge on any atom is 0.229 e. The van der Waals surface area contributed by atoms with Gasteiger partial charge in [-0.2, -0.15) is 0 Å². The van der Waals surface area contributed by atoms with E-state index in [9.17, 15) is 4.79 Å². The highest BCUT2D eigenvalue weighted by Crippen LogP contribution is 2.38. The Kier molecular flexibility index (Phi) is 4.59. The van der Waals surface area contributed by atoms with Crippen molar-refractivity contribution in [1.29, 1.82) is 0 Å². The minimum atomic E-state index is -0.272. The van der Waals surface area contributed by atoms with Crippen LogP contribution >= 0.6 is 0 Å². The Labute approximate surface area is 115 Å². The molecule has 3 heteroatoms. The molecule has 0 atom stereocenters. The molecule has 1 aliphatic rings. The standard InChI is InChI=1S/C16H24N2O/c1-18(12-9-14-7-3-2-4-8-14)15(19)16(13-17)10-5-6-11-16/h2-4,7-8H,5-6,9-13,17H2,1H3. The van der Waals surface area contributed by atoms with Crippen molar-refractivity contribution in [2.75, 3.05) is 20.1 Å². The third-order valence-corrected chi connectivity index (χ3v) is 4.33. The summed E-state index contributed by atoms with van der Waals surface area (Å²) in [4.78, 5) is 14.4. The number of carbonyl (C=O) groups excluding carboxylic acids is 1. The predicted octanol–water partition coefficient (Wildman–Crippen LogP) is 2.21. The van der Waals surface area contributed by atoms with Gasteiger partial charge in [-0.15, -0.1) is 0 Å². The molecule has 0 heterocycles. The average molecular weight is 260 g/mol. The lowest BCUT2D eigenvalue weighted by Gasteiger charge is -2.31. The van der Waals surface area contributed by atoms with E-state index < -0.39 is 0 Å². The van der Waals surface area contributed by atoms with Gasteiger partial charge in [0.05, 0.1) is 5.41 Å². The lowest BCUT2D eigenvalue weighted by Crippen LogP contribution is -2.45. The molecule has 104 valence electrons. The van der Waals surface area contributed by atoms with Gasteiger partial charge in [0.25, 0.3) is 0 Å². The molecule has 0 radical (unpaired) electrons. The summed E-state index contributed by atoms with van der Waals surface area (Å²) >= 11 is 0. The van der Waals surface area contributed by atoms with Crippen LogP contribution in [0.5, 0.6) is 0 Å². The fourth-order valence-electron chi connectivity index (χ4n) is 3.00. The Morgan fingerprint density at radius 1 is 1.26 bits per heavy atom. The average Bonchev–Trinajstić information content (AvgIpc) is 2.95. The molecule has 0 unspecified atom stereocenters. The number of nitrogens with two attached hydrogens (primary N) is 1. The molecule has 0 saturated heterocycles. The summed E-state index contributed by atoms with van der Waals surface area (Å²) in [6, 6.07) is 10.3. The fourth-order valence-corrected chi connectivity index (χ4v) is 3.00. The van der Waals surface area contributed by atoms with E-state index in [1.807, 2.05) is 30.1 Å². The van der Waals surface area contributed by atoms with Crippen LogP contribution in [-0.2, 0) is 11.2 Å². The third kappa shape index (κ3) is 3.16. The summed E-state index contributed by atoms with van der Waals surface area (Å²) < 4.78 is 0. The van der Waals surface area contributed by atoms with Gasteiger partial charge in [0.1, 0.15) is 0 Å². The van der Waals surface area contributed by atoms with E-state index in [4.69, 9.17) is 5.73 Å². The maximum atomic E-state index is 12.6. The number of rotatable bonds is 5. The van der Waals surface area contributed by atoms with Crippen LogP contribution in [-0.4, -0.2) is 30.9 Å². The first-order chi connectivity index (χ1) is 9.18. The van der Waals surface area contributed by atoms with E-state index in [1.54, 1.807) is 0 Å². The summed E-state index contributed by atoms with van der Waals surface area (Å²) in [7, 11) is 1.90. The largest absolute Gasteiger partial charge is 0.345 e. The van der Waals surface area contributed by atoms with Crippen LogP contribution in [0.25, 0.3) is 0 Å². The van der Waals surface area contributed by atoms with Crippen LogP contribution in [0, 0.1) is 5.41 Å². The second-order valence-electron chi connectivity index (χ2n) is 5.65. The van der Waals surface area contributed by atoms with Gasteiger partial charge in [-0.1, -0.05) is 43.2 Å². The zero-order valence-electron chi connectivity index (χ0n) is 11.8. The molecular weight excluding hydrogens is 236 g/mol. The van der Waals surface area contributed by atoms with Gasteiger partial charge in [-0.3, -0.25) is 4.79 Å². The molecule has 1 aromatic rings. The summed E-state index contributed by atoms with van der Waals surface area (Å²) in [5.41, 5.74) is 6.87.